The van der Waals surface area contributed by atoms with Crippen LogP contribution in [0.15, 0.2) is 40.9 Å². The van der Waals surface area contributed by atoms with Crippen LogP contribution in [0.25, 0.3) is 22.8 Å². The van der Waals surface area contributed by atoms with Crippen LogP contribution in [0.1, 0.15) is 31.4 Å². The Labute approximate surface area is 195 Å². The van der Waals surface area contributed by atoms with Gasteiger partial charge >= 0.3 is 5.97 Å². The number of ether oxygens (including phenoxy) is 2. The van der Waals surface area contributed by atoms with Crippen LogP contribution >= 0.6 is 11.6 Å². The average Bonchev–Trinajstić information content (AvgIpc) is 3.27. The van der Waals surface area contributed by atoms with Gasteiger partial charge in [-0.2, -0.15) is 10.2 Å². The lowest BCUT2D eigenvalue weighted by Gasteiger charge is -2.11. The molecule has 0 aliphatic heterocycles. The summed E-state index contributed by atoms with van der Waals surface area (Å²) in [6, 6.07) is 11.3. The first-order chi connectivity index (χ1) is 15.8. The van der Waals surface area contributed by atoms with E-state index in [1.165, 1.54) is 0 Å². The molecule has 0 fully saturated rings. The van der Waals surface area contributed by atoms with Crippen molar-refractivity contribution in [2.75, 3.05) is 6.61 Å². The topological polar surface area (TPSA) is 144 Å². The number of aromatic nitrogens is 2. The molecule has 3 N–H and O–H groups in total. The van der Waals surface area contributed by atoms with Crippen molar-refractivity contribution in [1.29, 1.82) is 5.26 Å². The van der Waals surface area contributed by atoms with Gasteiger partial charge in [-0.1, -0.05) is 22.8 Å². The highest BCUT2D eigenvalue weighted by atomic mass is 35.5. The molecule has 1 atom stereocenters. The van der Waals surface area contributed by atoms with E-state index in [0.29, 0.717) is 33.0 Å². The van der Waals surface area contributed by atoms with Crippen molar-refractivity contribution in [3.63, 3.8) is 0 Å². The van der Waals surface area contributed by atoms with Gasteiger partial charge in [0, 0.05) is 17.7 Å². The first-order valence-electron chi connectivity index (χ1n) is 10.2. The van der Waals surface area contributed by atoms with Gasteiger partial charge in [0.2, 0.25) is 5.82 Å². The Morgan fingerprint density at radius 1 is 1.30 bits per heavy atom. The van der Waals surface area contributed by atoms with E-state index in [-0.39, 0.29) is 37.5 Å². The van der Waals surface area contributed by atoms with Crippen LogP contribution < -0.4 is 10.5 Å². The maximum Gasteiger partial charge on any atom is 0.323 e. The molecule has 0 amide bonds. The smallest absolute Gasteiger partial charge is 0.323 e. The van der Waals surface area contributed by atoms with Crippen molar-refractivity contribution in [3.8, 4) is 34.7 Å². The first-order valence-corrected chi connectivity index (χ1v) is 10.6. The summed E-state index contributed by atoms with van der Waals surface area (Å²) in [6.45, 7) is 3.55. The minimum atomic E-state index is -0.880. The quantitative estimate of drug-likeness (QED) is 0.449. The fraction of sp³-hybridized carbons (Fsp3) is 0.304. The Bertz CT molecular complexity index is 1170. The Balaban J connectivity index is 1.75. The molecule has 2 aromatic carbocycles. The predicted octanol–water partition coefficient (Wildman–Crippen LogP) is 3.47. The molecular formula is C23H23ClN4O5. The van der Waals surface area contributed by atoms with E-state index >= 15 is 0 Å². The number of aliphatic hydroxyl groups is 1. The molecule has 3 rings (SSSR count). The number of rotatable bonds is 9. The van der Waals surface area contributed by atoms with Crippen molar-refractivity contribution in [3.05, 3.63) is 52.5 Å². The predicted molar refractivity (Wildman–Crippen MR) is 120 cm³/mol. The molecule has 0 aliphatic rings. The number of hydrogen-bond acceptors (Lipinski definition) is 9. The maximum atomic E-state index is 11.8. The molecule has 3 aromatic rings. The lowest BCUT2D eigenvalue weighted by atomic mass is 10.1. The summed E-state index contributed by atoms with van der Waals surface area (Å²) in [5.74, 6) is 0.371. The molecule has 0 spiro atoms. The third-order valence-corrected chi connectivity index (χ3v) is 4.85. The molecule has 0 saturated heterocycles. The van der Waals surface area contributed by atoms with Crippen LogP contribution in [0.3, 0.4) is 0 Å². The van der Waals surface area contributed by atoms with E-state index in [4.69, 9.17) is 36.4 Å². The summed E-state index contributed by atoms with van der Waals surface area (Å²) in [6.07, 6.45) is 0.0611. The lowest BCUT2D eigenvalue weighted by Crippen LogP contribution is -2.33. The van der Waals surface area contributed by atoms with Gasteiger partial charge in [-0.05, 0) is 56.2 Å². The number of esters is 1. The van der Waals surface area contributed by atoms with E-state index < -0.39 is 12.0 Å². The molecular weight excluding hydrogens is 448 g/mol. The van der Waals surface area contributed by atoms with E-state index in [0.717, 1.165) is 0 Å². The fourth-order valence-electron chi connectivity index (χ4n) is 2.91. The zero-order valence-electron chi connectivity index (χ0n) is 18.1. The molecule has 0 saturated carbocycles. The van der Waals surface area contributed by atoms with Gasteiger partial charge in [-0.3, -0.25) is 4.79 Å². The molecule has 0 unspecified atom stereocenters. The molecule has 1 aromatic heterocycles. The normalized spacial score (nSPS) is 11.8. The molecule has 1 heterocycles. The average molecular weight is 471 g/mol. The number of nitrogens with two attached hydrogens (primary N) is 1. The number of halogens is 1. The second-order valence-corrected chi connectivity index (χ2v) is 7.86. The lowest BCUT2D eigenvalue weighted by molar-refractivity contribution is -0.146. The largest absolute Gasteiger partial charge is 0.490 e. The minimum Gasteiger partial charge on any atom is -0.490 e. The maximum absolute atomic E-state index is 11.8. The van der Waals surface area contributed by atoms with Crippen molar-refractivity contribution < 1.29 is 23.9 Å². The van der Waals surface area contributed by atoms with Crippen molar-refractivity contribution in [2.24, 2.45) is 5.73 Å². The second-order valence-electron chi connectivity index (χ2n) is 7.45. The summed E-state index contributed by atoms with van der Waals surface area (Å²) in [4.78, 5) is 16.2. The fourth-order valence-corrected chi connectivity index (χ4v) is 3.19. The molecule has 172 valence electrons. The zero-order chi connectivity index (χ0) is 24.0. The number of carbonyl (C=O) groups is 1. The Kier molecular flexibility index (Phi) is 8.01. The van der Waals surface area contributed by atoms with Gasteiger partial charge in [-0.15, -0.1) is 0 Å². The van der Waals surface area contributed by atoms with Crippen LogP contribution in [0.5, 0.6) is 5.75 Å². The summed E-state index contributed by atoms with van der Waals surface area (Å²) in [5.41, 5.74) is 7.71. The molecule has 0 bridgehead atoms. The van der Waals surface area contributed by atoms with E-state index in [1.807, 2.05) is 13.8 Å². The van der Waals surface area contributed by atoms with Gasteiger partial charge in [0.1, 0.15) is 24.5 Å². The second kappa shape index (κ2) is 10.9. The van der Waals surface area contributed by atoms with Crippen molar-refractivity contribution in [2.45, 2.75) is 39.0 Å². The SMILES string of the molecule is CC(C)Oc1ccc(-c2nc(-c3ccc(COC(=O)[C@@H](N)CCO)cc3Cl)no2)cc1C#N. The monoisotopic (exact) mass is 470 g/mol. The number of benzene rings is 2. The third kappa shape index (κ3) is 6.08. The van der Waals surface area contributed by atoms with Gasteiger partial charge in [0.25, 0.3) is 5.89 Å². The molecule has 0 aliphatic carbocycles. The Hall–Kier alpha value is -3.45. The van der Waals surface area contributed by atoms with Gasteiger partial charge in [0.05, 0.1) is 16.7 Å². The highest BCUT2D eigenvalue weighted by molar-refractivity contribution is 6.33. The summed E-state index contributed by atoms with van der Waals surface area (Å²) in [7, 11) is 0. The number of nitrogens with zero attached hydrogens (tertiary/aromatic N) is 3. The molecule has 9 nitrogen and oxygen atoms in total. The van der Waals surface area contributed by atoms with Crippen molar-refractivity contribution >= 4 is 17.6 Å². The molecule has 33 heavy (non-hydrogen) atoms. The van der Waals surface area contributed by atoms with E-state index in [1.54, 1.807) is 36.4 Å². The minimum absolute atomic E-state index is 0.0167. The number of nitriles is 1. The highest BCUT2D eigenvalue weighted by Gasteiger charge is 2.17. The summed E-state index contributed by atoms with van der Waals surface area (Å²) >= 11 is 6.38. The van der Waals surface area contributed by atoms with Gasteiger partial charge in [-0.25, -0.2) is 0 Å². The van der Waals surface area contributed by atoms with Crippen LogP contribution in [0, 0.1) is 11.3 Å². The third-order valence-electron chi connectivity index (χ3n) is 4.53. The number of hydrogen-bond donors (Lipinski definition) is 2. The first kappa shape index (κ1) is 24.2. The van der Waals surface area contributed by atoms with Crippen LogP contribution in [-0.2, 0) is 16.1 Å². The Morgan fingerprint density at radius 2 is 2.09 bits per heavy atom. The van der Waals surface area contributed by atoms with Gasteiger partial charge < -0.3 is 24.8 Å². The molecule has 0 radical (unpaired) electrons. The number of carbonyl (C=O) groups excluding carboxylic acids is 1. The van der Waals surface area contributed by atoms with E-state index in [2.05, 4.69) is 16.2 Å². The van der Waals surface area contributed by atoms with Gasteiger partial charge in [0.15, 0.2) is 0 Å². The standard InChI is InChI=1S/C23H23ClN4O5/c1-13(2)32-20-6-4-15(10-16(20)11-25)22-27-21(28-33-22)17-5-3-14(9-18(17)24)12-31-23(30)19(26)7-8-29/h3-6,9-10,13,19,29H,7-8,12,26H2,1-2H3/t19-/m0/s1. The Morgan fingerprint density at radius 3 is 2.76 bits per heavy atom. The van der Waals surface area contributed by atoms with Crippen molar-refractivity contribution in [1.82, 2.24) is 10.1 Å². The molecule has 10 heteroatoms. The van der Waals surface area contributed by atoms with Crippen LogP contribution in [-0.4, -0.2) is 40.0 Å². The van der Waals surface area contributed by atoms with Crippen LogP contribution in [0.2, 0.25) is 5.02 Å². The summed E-state index contributed by atoms with van der Waals surface area (Å²) < 4.78 is 16.1. The summed E-state index contributed by atoms with van der Waals surface area (Å²) in [5, 5.41) is 22.6. The number of aliphatic hydroxyl groups excluding tert-OH is 1. The highest BCUT2D eigenvalue weighted by Crippen LogP contribution is 2.31. The van der Waals surface area contributed by atoms with E-state index in [9.17, 15) is 10.1 Å². The van der Waals surface area contributed by atoms with Crippen LogP contribution in [0.4, 0.5) is 0 Å². The zero-order valence-corrected chi connectivity index (χ0v) is 18.9.